The molecule has 0 aromatic rings. The Morgan fingerprint density at radius 1 is 0.250 bits per heavy atom. The van der Waals surface area contributed by atoms with E-state index in [-0.39, 0.29) is 31.1 Å². The van der Waals surface area contributed by atoms with Crippen LogP contribution in [0, 0.1) is 0 Å². The van der Waals surface area contributed by atoms with Crippen molar-refractivity contribution in [3.8, 4) is 0 Å². The van der Waals surface area contributed by atoms with E-state index in [1.54, 1.807) is 0 Å². The van der Waals surface area contributed by atoms with Gasteiger partial charge in [-0.05, 0) is 44.9 Å². The van der Waals surface area contributed by atoms with Crippen LogP contribution in [-0.4, -0.2) is 37.2 Å². The Bertz CT molecular complexity index is 1180. The van der Waals surface area contributed by atoms with Gasteiger partial charge < -0.3 is 14.2 Å². The molecule has 0 rings (SSSR count). The standard InChI is InChI=1S/C70H134O6/c1-4-7-10-13-16-19-22-25-27-29-31-32-33-34-35-36-37-38-39-40-42-43-45-48-51-54-57-60-63-69(72)75-66-67(65-74-68(71)62-59-56-53-50-47-24-21-18-15-12-9-6-3)76-70(73)64-61-58-55-52-49-46-44-41-30-28-26-23-20-17-14-11-8-5-2/h28,30,67H,4-27,29,31-66H2,1-3H3/b30-28-. The van der Waals surface area contributed by atoms with Gasteiger partial charge in [-0.25, -0.2) is 0 Å². The number of esters is 3. The van der Waals surface area contributed by atoms with Crippen molar-refractivity contribution in [2.45, 2.75) is 406 Å². The van der Waals surface area contributed by atoms with Crippen molar-refractivity contribution in [3.05, 3.63) is 12.2 Å². The van der Waals surface area contributed by atoms with Crippen molar-refractivity contribution in [2.24, 2.45) is 0 Å². The van der Waals surface area contributed by atoms with E-state index in [4.69, 9.17) is 14.2 Å². The molecule has 6 nitrogen and oxygen atoms in total. The normalized spacial score (nSPS) is 12.0. The lowest BCUT2D eigenvalue weighted by Crippen LogP contribution is -2.30. The molecule has 0 amide bonds. The Labute approximate surface area is 475 Å². The number of unbranched alkanes of at least 4 members (excludes halogenated alkanes) is 52. The summed E-state index contributed by atoms with van der Waals surface area (Å²) in [6.07, 6.45) is 78.2. The second kappa shape index (κ2) is 65.7. The average Bonchev–Trinajstić information content (AvgIpc) is 3.42. The van der Waals surface area contributed by atoms with E-state index in [2.05, 4.69) is 32.9 Å². The van der Waals surface area contributed by atoms with E-state index in [1.807, 2.05) is 0 Å². The van der Waals surface area contributed by atoms with Crippen molar-refractivity contribution in [3.63, 3.8) is 0 Å². The molecule has 0 N–H and O–H groups in total. The van der Waals surface area contributed by atoms with E-state index in [0.29, 0.717) is 19.3 Å². The highest BCUT2D eigenvalue weighted by molar-refractivity contribution is 5.71. The molecule has 0 aliphatic rings. The van der Waals surface area contributed by atoms with Crippen LogP contribution in [0.5, 0.6) is 0 Å². The lowest BCUT2D eigenvalue weighted by molar-refractivity contribution is -0.167. The molecule has 1 unspecified atom stereocenters. The summed E-state index contributed by atoms with van der Waals surface area (Å²) in [5, 5.41) is 0. The molecule has 0 aliphatic carbocycles. The van der Waals surface area contributed by atoms with Crippen LogP contribution in [0.4, 0.5) is 0 Å². The van der Waals surface area contributed by atoms with Gasteiger partial charge in [-0.3, -0.25) is 14.4 Å². The Morgan fingerprint density at radius 3 is 0.658 bits per heavy atom. The van der Waals surface area contributed by atoms with Crippen molar-refractivity contribution in [1.29, 1.82) is 0 Å². The molecule has 0 saturated heterocycles. The predicted molar refractivity (Wildman–Crippen MR) is 330 cm³/mol. The topological polar surface area (TPSA) is 78.9 Å². The van der Waals surface area contributed by atoms with E-state index in [0.717, 1.165) is 57.8 Å². The minimum atomic E-state index is -0.768. The smallest absolute Gasteiger partial charge is 0.306 e. The van der Waals surface area contributed by atoms with Gasteiger partial charge in [0.25, 0.3) is 0 Å². The Kier molecular flexibility index (Phi) is 64.1. The fraction of sp³-hybridized carbons (Fsp3) is 0.929. The highest BCUT2D eigenvalue weighted by Crippen LogP contribution is 2.19. The van der Waals surface area contributed by atoms with Crippen molar-refractivity contribution in [2.75, 3.05) is 13.2 Å². The quantitative estimate of drug-likeness (QED) is 0.0261. The minimum Gasteiger partial charge on any atom is -0.462 e. The molecule has 0 aromatic heterocycles. The summed E-state index contributed by atoms with van der Waals surface area (Å²) in [6.45, 7) is 6.71. The fourth-order valence-electron chi connectivity index (χ4n) is 10.8. The molecule has 76 heavy (non-hydrogen) atoms. The third-order valence-electron chi connectivity index (χ3n) is 16.0. The summed E-state index contributed by atoms with van der Waals surface area (Å²) in [5.74, 6) is -0.838. The number of hydrogen-bond donors (Lipinski definition) is 0. The number of hydrogen-bond acceptors (Lipinski definition) is 6. The van der Waals surface area contributed by atoms with Crippen molar-refractivity contribution >= 4 is 17.9 Å². The largest absolute Gasteiger partial charge is 0.462 e. The van der Waals surface area contributed by atoms with Gasteiger partial charge in [-0.2, -0.15) is 0 Å². The van der Waals surface area contributed by atoms with Gasteiger partial charge >= 0.3 is 17.9 Å². The minimum absolute atomic E-state index is 0.0652. The number of carbonyl (C=O) groups excluding carboxylic acids is 3. The Morgan fingerprint density at radius 2 is 0.434 bits per heavy atom. The maximum Gasteiger partial charge on any atom is 0.306 e. The van der Waals surface area contributed by atoms with E-state index < -0.39 is 6.10 Å². The van der Waals surface area contributed by atoms with Crippen LogP contribution in [-0.2, 0) is 28.6 Å². The molecule has 1 atom stereocenters. The van der Waals surface area contributed by atoms with Gasteiger partial charge in [-0.1, -0.05) is 348 Å². The maximum absolute atomic E-state index is 12.9. The summed E-state index contributed by atoms with van der Waals surface area (Å²) in [4.78, 5) is 38.3. The van der Waals surface area contributed by atoms with Crippen molar-refractivity contribution in [1.82, 2.24) is 0 Å². The highest BCUT2D eigenvalue weighted by atomic mass is 16.6. The summed E-state index contributed by atoms with van der Waals surface area (Å²) in [6, 6.07) is 0. The molecule has 0 aromatic carbocycles. The summed E-state index contributed by atoms with van der Waals surface area (Å²) in [5.41, 5.74) is 0. The summed E-state index contributed by atoms with van der Waals surface area (Å²) >= 11 is 0. The molecule has 0 spiro atoms. The van der Waals surface area contributed by atoms with E-state index >= 15 is 0 Å². The molecule has 6 heteroatoms. The zero-order valence-electron chi connectivity index (χ0n) is 51.8. The highest BCUT2D eigenvalue weighted by Gasteiger charge is 2.19. The molecular weight excluding hydrogens is 937 g/mol. The Hall–Kier alpha value is -1.85. The first kappa shape index (κ1) is 74.2. The molecule has 0 fully saturated rings. The van der Waals surface area contributed by atoms with Crippen LogP contribution < -0.4 is 0 Å². The van der Waals surface area contributed by atoms with Gasteiger partial charge in [0, 0.05) is 19.3 Å². The number of allylic oxidation sites excluding steroid dienone is 2. The predicted octanol–water partition coefficient (Wildman–Crippen LogP) is 23.6. The lowest BCUT2D eigenvalue weighted by Gasteiger charge is -2.18. The van der Waals surface area contributed by atoms with Gasteiger partial charge in [0.15, 0.2) is 6.10 Å². The monoisotopic (exact) mass is 1070 g/mol. The van der Waals surface area contributed by atoms with Crippen LogP contribution in [0.3, 0.4) is 0 Å². The zero-order chi connectivity index (χ0) is 55.0. The summed E-state index contributed by atoms with van der Waals surface area (Å²) < 4.78 is 17.0. The zero-order valence-corrected chi connectivity index (χ0v) is 51.8. The first-order valence-electron chi connectivity index (χ1n) is 34.7. The van der Waals surface area contributed by atoms with Crippen molar-refractivity contribution < 1.29 is 28.6 Å². The Balaban J connectivity index is 4.14. The van der Waals surface area contributed by atoms with Crippen LogP contribution in [0.15, 0.2) is 12.2 Å². The number of rotatable bonds is 65. The first-order valence-corrected chi connectivity index (χ1v) is 34.7. The van der Waals surface area contributed by atoms with Crippen LogP contribution >= 0.6 is 0 Å². The van der Waals surface area contributed by atoms with E-state index in [9.17, 15) is 14.4 Å². The SMILES string of the molecule is CCCCCCCCC/C=C\CCCCCCCCCC(=O)OC(COC(=O)CCCCCCCCCCCCCC)COC(=O)CCCCCCCCCCCCCCCCCCCCCCCCCCCCCC. The molecular formula is C70H134O6. The molecule has 0 saturated carbocycles. The molecule has 0 aliphatic heterocycles. The number of ether oxygens (including phenoxy) is 3. The molecule has 0 radical (unpaired) electrons. The third-order valence-corrected chi connectivity index (χ3v) is 16.0. The van der Waals surface area contributed by atoms with Gasteiger partial charge in [0.2, 0.25) is 0 Å². The van der Waals surface area contributed by atoms with Crippen LogP contribution in [0.2, 0.25) is 0 Å². The van der Waals surface area contributed by atoms with Gasteiger partial charge in [-0.15, -0.1) is 0 Å². The average molecular weight is 1070 g/mol. The molecule has 450 valence electrons. The summed E-state index contributed by atoms with van der Waals surface area (Å²) in [7, 11) is 0. The van der Waals surface area contributed by atoms with Gasteiger partial charge in [0.1, 0.15) is 13.2 Å². The van der Waals surface area contributed by atoms with Gasteiger partial charge in [0.05, 0.1) is 0 Å². The lowest BCUT2D eigenvalue weighted by atomic mass is 10.0. The molecule has 0 heterocycles. The van der Waals surface area contributed by atoms with Crippen LogP contribution in [0.1, 0.15) is 400 Å². The van der Waals surface area contributed by atoms with E-state index in [1.165, 1.54) is 302 Å². The fourth-order valence-corrected chi connectivity index (χ4v) is 10.8. The second-order valence-corrected chi connectivity index (χ2v) is 23.8. The second-order valence-electron chi connectivity index (χ2n) is 23.8. The maximum atomic E-state index is 12.9. The molecule has 0 bridgehead atoms. The third kappa shape index (κ3) is 63.0. The van der Waals surface area contributed by atoms with Crippen LogP contribution in [0.25, 0.3) is 0 Å². The number of carbonyl (C=O) groups is 3. The first-order chi connectivity index (χ1) is 37.5.